The molecule has 3 heteroatoms. The Bertz CT molecular complexity index is 727. The zero-order valence-corrected chi connectivity index (χ0v) is 25.0. The van der Waals surface area contributed by atoms with Crippen molar-refractivity contribution in [3.05, 3.63) is 34.9 Å². The number of ether oxygens (including phenoxy) is 1. The van der Waals surface area contributed by atoms with Gasteiger partial charge in [0.1, 0.15) is 5.78 Å². The third kappa shape index (κ3) is 13.4. The fourth-order valence-corrected chi connectivity index (χ4v) is 5.02. The van der Waals surface area contributed by atoms with E-state index in [0.29, 0.717) is 11.8 Å². The molecule has 0 saturated heterocycles. The van der Waals surface area contributed by atoms with Crippen molar-refractivity contribution in [3.63, 3.8) is 0 Å². The van der Waals surface area contributed by atoms with Crippen LogP contribution in [0.15, 0.2) is 34.9 Å². The first-order valence-corrected chi connectivity index (χ1v) is 14.8. The number of allylic oxidation sites excluding steroid dienone is 4. The summed E-state index contributed by atoms with van der Waals surface area (Å²) in [6.45, 7) is 17.8. The highest BCUT2D eigenvalue weighted by molar-refractivity contribution is 5.77. The van der Waals surface area contributed by atoms with Crippen molar-refractivity contribution in [2.75, 3.05) is 6.61 Å². The van der Waals surface area contributed by atoms with Gasteiger partial charge in [0.2, 0.25) is 0 Å². The van der Waals surface area contributed by atoms with Crippen LogP contribution in [-0.4, -0.2) is 29.2 Å². The number of rotatable bonds is 19. The standard InChI is InChI=1S/C33H58O3/c1-9-10-24-36-32-29(6)27(4)19-21-31(32)20-18-26(3)15-11-14-25(2)16-12-22-33(8,35)23-13-17-28(5)30(7)34/h14,19,21,26,28-29,32,35H,9-13,15-18,20,22-24H2,1-8H3/b25-14+. The van der Waals surface area contributed by atoms with Crippen LogP contribution in [0, 0.1) is 17.8 Å². The quantitative estimate of drug-likeness (QED) is 0.141. The maximum absolute atomic E-state index is 11.4. The lowest BCUT2D eigenvalue weighted by atomic mass is 9.83. The average Bonchev–Trinajstić information content (AvgIpc) is 2.80. The normalized spacial score (nSPS) is 22.0. The Morgan fingerprint density at radius 2 is 1.81 bits per heavy atom. The molecule has 1 N–H and O–H groups in total. The first-order valence-electron chi connectivity index (χ1n) is 14.8. The minimum absolute atomic E-state index is 0.109. The highest BCUT2D eigenvalue weighted by Crippen LogP contribution is 2.32. The Morgan fingerprint density at radius 1 is 1.11 bits per heavy atom. The van der Waals surface area contributed by atoms with Gasteiger partial charge in [-0.1, -0.05) is 63.5 Å². The van der Waals surface area contributed by atoms with E-state index in [1.807, 2.05) is 13.8 Å². The fourth-order valence-electron chi connectivity index (χ4n) is 5.02. The molecule has 0 spiro atoms. The molecule has 0 aromatic heterocycles. The summed E-state index contributed by atoms with van der Waals surface area (Å²) in [5.74, 6) is 1.54. The Labute approximate surface area is 223 Å². The minimum Gasteiger partial charge on any atom is -0.390 e. The molecule has 208 valence electrons. The van der Waals surface area contributed by atoms with E-state index in [9.17, 15) is 9.90 Å². The maximum Gasteiger partial charge on any atom is 0.132 e. The van der Waals surface area contributed by atoms with Gasteiger partial charge in [0, 0.05) is 18.4 Å². The Kier molecular flexibility index (Phi) is 15.8. The molecular formula is C33H58O3. The molecule has 0 aliphatic heterocycles. The van der Waals surface area contributed by atoms with Crippen LogP contribution in [0.1, 0.15) is 132 Å². The van der Waals surface area contributed by atoms with Crippen LogP contribution in [0.3, 0.4) is 0 Å². The molecule has 0 amide bonds. The molecule has 36 heavy (non-hydrogen) atoms. The summed E-state index contributed by atoms with van der Waals surface area (Å²) in [6, 6.07) is 0. The first-order chi connectivity index (χ1) is 17.0. The summed E-state index contributed by atoms with van der Waals surface area (Å²) in [4.78, 5) is 11.4. The van der Waals surface area contributed by atoms with Crippen molar-refractivity contribution >= 4 is 5.78 Å². The smallest absolute Gasteiger partial charge is 0.132 e. The van der Waals surface area contributed by atoms with Gasteiger partial charge in [-0.25, -0.2) is 0 Å². The second-order valence-electron chi connectivity index (χ2n) is 12.1. The van der Waals surface area contributed by atoms with Gasteiger partial charge in [-0.15, -0.1) is 0 Å². The fraction of sp³-hybridized carbons (Fsp3) is 0.788. The number of ketones is 1. The monoisotopic (exact) mass is 502 g/mol. The van der Waals surface area contributed by atoms with Crippen molar-refractivity contribution in [1.82, 2.24) is 0 Å². The number of unbranched alkanes of at least 4 members (excludes halogenated alkanes) is 1. The van der Waals surface area contributed by atoms with Crippen molar-refractivity contribution in [2.24, 2.45) is 17.8 Å². The summed E-state index contributed by atoms with van der Waals surface area (Å²) in [5, 5.41) is 10.7. The zero-order chi connectivity index (χ0) is 27.1. The van der Waals surface area contributed by atoms with Gasteiger partial charge < -0.3 is 9.84 Å². The minimum atomic E-state index is -0.623. The highest BCUT2D eigenvalue weighted by atomic mass is 16.5. The van der Waals surface area contributed by atoms with Gasteiger partial charge >= 0.3 is 0 Å². The molecule has 0 aromatic rings. The molecule has 0 fully saturated rings. The third-order valence-electron chi connectivity index (χ3n) is 8.30. The Morgan fingerprint density at radius 3 is 2.47 bits per heavy atom. The van der Waals surface area contributed by atoms with Crippen LogP contribution in [-0.2, 0) is 9.53 Å². The molecule has 0 radical (unpaired) electrons. The van der Waals surface area contributed by atoms with Crippen LogP contribution in [0.5, 0.6) is 0 Å². The maximum atomic E-state index is 11.4. The third-order valence-corrected chi connectivity index (χ3v) is 8.30. The van der Waals surface area contributed by atoms with E-state index in [1.165, 1.54) is 36.0 Å². The van der Waals surface area contributed by atoms with E-state index < -0.39 is 5.60 Å². The van der Waals surface area contributed by atoms with Crippen LogP contribution in [0.4, 0.5) is 0 Å². The van der Waals surface area contributed by atoms with Gasteiger partial charge in [-0.2, -0.15) is 0 Å². The zero-order valence-electron chi connectivity index (χ0n) is 25.0. The van der Waals surface area contributed by atoms with Crippen molar-refractivity contribution in [2.45, 2.75) is 144 Å². The average molecular weight is 503 g/mol. The van der Waals surface area contributed by atoms with Crippen molar-refractivity contribution < 1.29 is 14.6 Å². The van der Waals surface area contributed by atoms with Crippen LogP contribution >= 0.6 is 0 Å². The lowest BCUT2D eigenvalue weighted by Gasteiger charge is -2.31. The molecule has 1 aliphatic rings. The van der Waals surface area contributed by atoms with E-state index >= 15 is 0 Å². The topological polar surface area (TPSA) is 46.5 Å². The van der Waals surface area contributed by atoms with Crippen LogP contribution < -0.4 is 0 Å². The molecule has 0 aromatic carbocycles. The van der Waals surface area contributed by atoms with Gasteiger partial charge in [0.25, 0.3) is 0 Å². The summed E-state index contributed by atoms with van der Waals surface area (Å²) in [5.41, 5.74) is 3.73. The highest BCUT2D eigenvalue weighted by Gasteiger charge is 2.26. The van der Waals surface area contributed by atoms with E-state index in [1.54, 1.807) is 6.92 Å². The summed E-state index contributed by atoms with van der Waals surface area (Å²) in [6.07, 6.45) is 19.8. The molecular weight excluding hydrogens is 444 g/mol. The molecule has 0 saturated carbocycles. The van der Waals surface area contributed by atoms with E-state index in [2.05, 4.69) is 52.8 Å². The second kappa shape index (κ2) is 17.3. The largest absolute Gasteiger partial charge is 0.390 e. The van der Waals surface area contributed by atoms with E-state index in [4.69, 9.17) is 4.74 Å². The number of aliphatic hydroxyl groups is 1. The van der Waals surface area contributed by atoms with E-state index in [0.717, 1.165) is 64.4 Å². The number of carbonyl (C=O) groups excluding carboxylic acids is 1. The van der Waals surface area contributed by atoms with Crippen molar-refractivity contribution in [3.8, 4) is 0 Å². The summed E-state index contributed by atoms with van der Waals surface area (Å²) >= 11 is 0. The van der Waals surface area contributed by atoms with Gasteiger partial charge in [-0.05, 0) is 110 Å². The number of hydrogen-bond acceptors (Lipinski definition) is 3. The lowest BCUT2D eigenvalue weighted by Crippen LogP contribution is -2.28. The lowest BCUT2D eigenvalue weighted by molar-refractivity contribution is -0.120. The van der Waals surface area contributed by atoms with Gasteiger partial charge in [0.05, 0.1) is 11.7 Å². The molecule has 0 bridgehead atoms. The number of hydrogen-bond donors (Lipinski definition) is 1. The summed E-state index contributed by atoms with van der Waals surface area (Å²) < 4.78 is 6.32. The SMILES string of the molecule is CCCCOC1C(CCC(C)CC/C=C(\C)CCCC(C)(O)CCCC(C)C(C)=O)=CC=C(C)C1C. The molecule has 5 unspecified atom stereocenters. The molecule has 5 atom stereocenters. The Hall–Kier alpha value is -1.19. The second-order valence-corrected chi connectivity index (χ2v) is 12.1. The van der Waals surface area contributed by atoms with E-state index in [-0.39, 0.29) is 17.8 Å². The summed E-state index contributed by atoms with van der Waals surface area (Å²) in [7, 11) is 0. The molecule has 1 aliphatic carbocycles. The predicted octanol–water partition coefficient (Wildman–Crippen LogP) is 9.15. The van der Waals surface area contributed by atoms with Gasteiger partial charge in [-0.3, -0.25) is 4.79 Å². The van der Waals surface area contributed by atoms with Gasteiger partial charge in [0.15, 0.2) is 0 Å². The molecule has 3 nitrogen and oxygen atoms in total. The number of carbonyl (C=O) groups is 1. The van der Waals surface area contributed by atoms with Crippen LogP contribution in [0.2, 0.25) is 0 Å². The molecule has 1 rings (SSSR count). The van der Waals surface area contributed by atoms with Crippen molar-refractivity contribution in [1.29, 1.82) is 0 Å². The first kappa shape index (κ1) is 32.8. The number of Topliss-reactive ketones (excluding diaryl/α,β-unsaturated/α-hetero) is 1. The van der Waals surface area contributed by atoms with Crippen LogP contribution in [0.25, 0.3) is 0 Å². The Balaban J connectivity index is 2.33. The predicted molar refractivity (Wildman–Crippen MR) is 155 cm³/mol. The molecule has 0 heterocycles.